The molecule has 0 aliphatic carbocycles. The molecular weight excluding hydrogens is 326 g/mol. The molecule has 0 aliphatic heterocycles. The smallest absolute Gasteiger partial charge is 0.159 e. The van der Waals surface area contributed by atoms with E-state index < -0.39 is 0 Å². The number of nitrogen functional groups attached to an aromatic ring is 1. The standard InChI is InChI=1S/C20H23N5O/c1-3-14(2)24-19-18(21)20(23-13-22-19)25-15-9-11-17(12-10-15)26-16-7-5-4-6-8-16/h4-14H,3,21H2,1-2H3,(H2,22,23,24,25). The van der Waals surface area contributed by atoms with E-state index in [1.165, 1.54) is 6.33 Å². The van der Waals surface area contributed by atoms with E-state index in [4.69, 9.17) is 10.5 Å². The molecule has 2 aromatic carbocycles. The third kappa shape index (κ3) is 4.42. The molecule has 0 saturated heterocycles. The SMILES string of the molecule is CCC(C)Nc1ncnc(Nc2ccc(Oc3ccccc3)cc2)c1N. The molecule has 0 fully saturated rings. The number of nitrogens with two attached hydrogens (primary N) is 1. The van der Waals surface area contributed by atoms with Crippen LogP contribution in [0, 0.1) is 0 Å². The molecule has 1 heterocycles. The quantitative estimate of drug-likeness (QED) is 0.568. The summed E-state index contributed by atoms with van der Waals surface area (Å²) in [5.41, 5.74) is 7.56. The largest absolute Gasteiger partial charge is 0.457 e. The summed E-state index contributed by atoms with van der Waals surface area (Å²) < 4.78 is 5.79. The van der Waals surface area contributed by atoms with E-state index in [2.05, 4.69) is 34.4 Å². The first kappa shape index (κ1) is 17.5. The lowest BCUT2D eigenvalue weighted by molar-refractivity contribution is 0.483. The van der Waals surface area contributed by atoms with Gasteiger partial charge in [0, 0.05) is 11.7 Å². The zero-order chi connectivity index (χ0) is 18.4. The molecule has 26 heavy (non-hydrogen) atoms. The Labute approximate surface area is 153 Å². The Morgan fingerprint density at radius 1 is 0.962 bits per heavy atom. The van der Waals surface area contributed by atoms with Crippen molar-refractivity contribution in [1.82, 2.24) is 9.97 Å². The van der Waals surface area contributed by atoms with Gasteiger partial charge in [0.25, 0.3) is 0 Å². The van der Waals surface area contributed by atoms with Crippen LogP contribution in [0.4, 0.5) is 23.0 Å². The van der Waals surface area contributed by atoms with Crippen molar-refractivity contribution in [3.63, 3.8) is 0 Å². The van der Waals surface area contributed by atoms with Crippen LogP contribution in [0.15, 0.2) is 60.9 Å². The Bertz CT molecular complexity index is 837. The van der Waals surface area contributed by atoms with Crippen molar-refractivity contribution in [2.45, 2.75) is 26.3 Å². The molecule has 0 amide bonds. The minimum absolute atomic E-state index is 0.287. The number of ether oxygens (including phenoxy) is 1. The lowest BCUT2D eigenvalue weighted by Gasteiger charge is -2.16. The first-order valence-corrected chi connectivity index (χ1v) is 8.62. The summed E-state index contributed by atoms with van der Waals surface area (Å²) >= 11 is 0. The lowest BCUT2D eigenvalue weighted by atomic mass is 10.2. The van der Waals surface area contributed by atoms with Crippen molar-refractivity contribution in [3.8, 4) is 11.5 Å². The fraction of sp³-hybridized carbons (Fsp3) is 0.200. The first-order chi connectivity index (χ1) is 12.7. The van der Waals surface area contributed by atoms with E-state index in [0.717, 1.165) is 23.6 Å². The minimum atomic E-state index is 0.287. The van der Waals surface area contributed by atoms with Crippen molar-refractivity contribution in [2.75, 3.05) is 16.4 Å². The molecule has 0 bridgehead atoms. The van der Waals surface area contributed by atoms with E-state index in [-0.39, 0.29) is 6.04 Å². The van der Waals surface area contributed by atoms with E-state index in [0.29, 0.717) is 17.3 Å². The zero-order valence-electron chi connectivity index (χ0n) is 14.9. The fourth-order valence-electron chi connectivity index (χ4n) is 2.31. The maximum atomic E-state index is 6.19. The van der Waals surface area contributed by atoms with Crippen LogP contribution in [0.25, 0.3) is 0 Å². The molecule has 4 N–H and O–H groups in total. The highest BCUT2D eigenvalue weighted by Gasteiger charge is 2.10. The Kier molecular flexibility index (Phi) is 5.53. The second-order valence-electron chi connectivity index (χ2n) is 6.00. The minimum Gasteiger partial charge on any atom is -0.457 e. The van der Waals surface area contributed by atoms with Crippen molar-refractivity contribution < 1.29 is 4.74 Å². The van der Waals surface area contributed by atoms with Gasteiger partial charge in [0.1, 0.15) is 23.5 Å². The summed E-state index contributed by atoms with van der Waals surface area (Å²) in [6.45, 7) is 4.19. The van der Waals surface area contributed by atoms with E-state index in [9.17, 15) is 0 Å². The van der Waals surface area contributed by atoms with Gasteiger partial charge in [-0.15, -0.1) is 0 Å². The summed E-state index contributed by atoms with van der Waals surface area (Å²) in [7, 11) is 0. The second kappa shape index (κ2) is 8.20. The van der Waals surface area contributed by atoms with Crippen LogP contribution in [0.5, 0.6) is 11.5 Å². The molecule has 6 heteroatoms. The van der Waals surface area contributed by atoms with Crippen LogP contribution in [0.2, 0.25) is 0 Å². The predicted octanol–water partition coefficient (Wildman–Crippen LogP) is 4.81. The number of hydrogen-bond acceptors (Lipinski definition) is 6. The molecular formula is C20H23N5O. The number of hydrogen-bond donors (Lipinski definition) is 3. The van der Waals surface area contributed by atoms with Crippen LogP contribution in [0.3, 0.4) is 0 Å². The summed E-state index contributed by atoms with van der Waals surface area (Å²) in [6.07, 6.45) is 2.48. The highest BCUT2D eigenvalue weighted by atomic mass is 16.5. The molecule has 0 radical (unpaired) electrons. The number of rotatable bonds is 7. The maximum absolute atomic E-state index is 6.19. The number of benzene rings is 2. The monoisotopic (exact) mass is 349 g/mol. The van der Waals surface area contributed by atoms with Gasteiger partial charge in [-0.3, -0.25) is 0 Å². The third-order valence-corrected chi connectivity index (χ3v) is 3.98. The Hall–Kier alpha value is -3.28. The van der Waals surface area contributed by atoms with E-state index >= 15 is 0 Å². The molecule has 0 aliphatic rings. The number of para-hydroxylation sites is 1. The average molecular weight is 349 g/mol. The number of aromatic nitrogens is 2. The van der Waals surface area contributed by atoms with Gasteiger partial charge in [-0.2, -0.15) is 0 Å². The summed E-state index contributed by atoms with van der Waals surface area (Å²) in [5.74, 6) is 2.77. The van der Waals surface area contributed by atoms with Gasteiger partial charge in [0.15, 0.2) is 11.6 Å². The number of anilines is 4. The van der Waals surface area contributed by atoms with Gasteiger partial charge in [-0.05, 0) is 49.7 Å². The average Bonchev–Trinajstić information content (AvgIpc) is 2.67. The second-order valence-corrected chi connectivity index (χ2v) is 6.00. The van der Waals surface area contributed by atoms with E-state index in [1.54, 1.807) is 0 Å². The van der Waals surface area contributed by atoms with Gasteiger partial charge >= 0.3 is 0 Å². The molecule has 1 atom stereocenters. The summed E-state index contributed by atoms with van der Waals surface area (Å²) in [5, 5.41) is 6.51. The van der Waals surface area contributed by atoms with Crippen molar-refractivity contribution in [1.29, 1.82) is 0 Å². The van der Waals surface area contributed by atoms with Gasteiger partial charge in [-0.1, -0.05) is 25.1 Å². The van der Waals surface area contributed by atoms with Crippen LogP contribution < -0.4 is 21.1 Å². The molecule has 1 aromatic heterocycles. The Morgan fingerprint density at radius 2 is 1.62 bits per heavy atom. The van der Waals surface area contributed by atoms with Gasteiger partial charge in [0.2, 0.25) is 0 Å². The molecule has 1 unspecified atom stereocenters. The summed E-state index contributed by atoms with van der Waals surface area (Å²) in [4.78, 5) is 8.46. The Balaban J connectivity index is 1.70. The molecule has 0 saturated carbocycles. The fourth-order valence-corrected chi connectivity index (χ4v) is 2.31. The normalized spacial score (nSPS) is 11.6. The maximum Gasteiger partial charge on any atom is 0.159 e. The Morgan fingerprint density at radius 3 is 2.31 bits per heavy atom. The molecule has 134 valence electrons. The lowest BCUT2D eigenvalue weighted by Crippen LogP contribution is -2.16. The molecule has 3 rings (SSSR count). The van der Waals surface area contributed by atoms with Crippen LogP contribution in [0.1, 0.15) is 20.3 Å². The highest BCUT2D eigenvalue weighted by Crippen LogP contribution is 2.28. The molecule has 6 nitrogen and oxygen atoms in total. The summed E-state index contributed by atoms with van der Waals surface area (Å²) in [6, 6.07) is 17.6. The number of nitrogens with one attached hydrogen (secondary N) is 2. The predicted molar refractivity (Wildman–Crippen MR) is 106 cm³/mol. The molecule has 3 aromatic rings. The van der Waals surface area contributed by atoms with E-state index in [1.807, 2.05) is 54.6 Å². The van der Waals surface area contributed by atoms with Gasteiger partial charge < -0.3 is 21.1 Å². The van der Waals surface area contributed by atoms with Gasteiger partial charge in [0.05, 0.1) is 0 Å². The highest BCUT2D eigenvalue weighted by molar-refractivity contribution is 5.77. The van der Waals surface area contributed by atoms with Crippen molar-refractivity contribution >= 4 is 23.0 Å². The molecule has 0 spiro atoms. The van der Waals surface area contributed by atoms with Crippen LogP contribution in [-0.4, -0.2) is 16.0 Å². The first-order valence-electron chi connectivity index (χ1n) is 8.62. The number of nitrogens with zero attached hydrogens (tertiary/aromatic N) is 2. The van der Waals surface area contributed by atoms with Crippen molar-refractivity contribution in [2.24, 2.45) is 0 Å². The van der Waals surface area contributed by atoms with Gasteiger partial charge in [-0.25, -0.2) is 9.97 Å². The van der Waals surface area contributed by atoms with Crippen LogP contribution >= 0.6 is 0 Å². The zero-order valence-corrected chi connectivity index (χ0v) is 14.9. The topological polar surface area (TPSA) is 85.1 Å². The van der Waals surface area contributed by atoms with Crippen LogP contribution in [-0.2, 0) is 0 Å². The third-order valence-electron chi connectivity index (χ3n) is 3.98. The van der Waals surface area contributed by atoms with Crippen molar-refractivity contribution in [3.05, 3.63) is 60.9 Å².